The number of hydrogen-bond donors (Lipinski definition) is 4. The topological polar surface area (TPSA) is 99.4 Å². The van der Waals surface area contributed by atoms with Crippen LogP contribution in [-0.4, -0.2) is 64.3 Å². The second-order valence-electron chi connectivity index (χ2n) is 3.60. The first-order valence-electron chi connectivity index (χ1n) is 5.15. The third-order valence-electron chi connectivity index (χ3n) is 2.44. The highest BCUT2D eigenvalue weighted by atomic mass is 16.7. The molecule has 16 heavy (non-hydrogen) atoms. The van der Waals surface area contributed by atoms with E-state index in [9.17, 15) is 15.3 Å². The van der Waals surface area contributed by atoms with Gasteiger partial charge in [-0.15, -0.1) is 0 Å². The Morgan fingerprint density at radius 3 is 2.44 bits per heavy atom. The zero-order valence-corrected chi connectivity index (χ0v) is 9.06. The molecule has 0 aromatic heterocycles. The summed E-state index contributed by atoms with van der Waals surface area (Å²) in [6.07, 6.45) is -2.56. The Kier molecular flexibility index (Phi) is 5.33. The van der Waals surface area contributed by atoms with Gasteiger partial charge in [0.1, 0.15) is 24.4 Å². The molecule has 0 radical (unpaired) electrons. The molecule has 4 N–H and O–H groups in total. The zero-order valence-electron chi connectivity index (χ0n) is 9.06. The van der Waals surface area contributed by atoms with Gasteiger partial charge in [0.15, 0.2) is 6.29 Å². The third kappa shape index (κ3) is 3.00. The maximum atomic E-state index is 9.55. The molecule has 0 bridgehead atoms. The summed E-state index contributed by atoms with van der Waals surface area (Å²) in [5.74, 6) is 0. The van der Waals surface area contributed by atoms with E-state index in [0.29, 0.717) is 0 Å². The second-order valence-corrected chi connectivity index (χ2v) is 3.60. The molecule has 1 rings (SSSR count). The van der Waals surface area contributed by atoms with Gasteiger partial charge in [-0.2, -0.15) is 0 Å². The van der Waals surface area contributed by atoms with Gasteiger partial charge < -0.3 is 29.9 Å². The Morgan fingerprint density at radius 2 is 1.88 bits per heavy atom. The minimum Gasteiger partial charge on any atom is -0.394 e. The maximum Gasteiger partial charge on any atom is 0.187 e. The summed E-state index contributed by atoms with van der Waals surface area (Å²) in [6, 6.07) is 0. The van der Waals surface area contributed by atoms with Crippen molar-refractivity contribution in [2.45, 2.75) is 37.6 Å². The van der Waals surface area contributed by atoms with Crippen molar-refractivity contribution in [3.63, 3.8) is 0 Å². The van der Waals surface area contributed by atoms with Crippen molar-refractivity contribution in [1.82, 2.24) is 0 Å². The third-order valence-corrected chi connectivity index (χ3v) is 2.44. The van der Waals surface area contributed by atoms with Gasteiger partial charge in [0.05, 0.1) is 13.2 Å². The minimum atomic E-state index is -1.39. The second kappa shape index (κ2) is 6.29. The van der Waals surface area contributed by atoms with Crippen LogP contribution < -0.4 is 0 Å². The lowest BCUT2D eigenvalue weighted by atomic mass is 9.99. The molecule has 94 valence electrons. The average Bonchev–Trinajstić information content (AvgIpc) is 2.29. The number of aliphatic hydroxyl groups excluding tert-OH is 4. The van der Waals surface area contributed by atoms with Gasteiger partial charge in [0.2, 0.25) is 0 Å². The Bertz CT molecular complexity index is 229. The fraction of sp³-hybridized carbons (Fsp3) is 0.800. The SMILES string of the molecule is C/C=C\CO[C@@H]1OC(CO)C(O)[C@H](O)C1O. The quantitative estimate of drug-likeness (QED) is 0.436. The van der Waals surface area contributed by atoms with E-state index in [4.69, 9.17) is 14.6 Å². The van der Waals surface area contributed by atoms with Gasteiger partial charge in [-0.05, 0) is 6.92 Å². The standard InChI is InChI=1S/C10H18O6/c1-2-3-4-15-10-9(14)8(13)7(12)6(5-11)16-10/h2-3,6-14H,4-5H2,1H3/b3-2-/t6?,7?,8-,9?,10+/m0/s1. The van der Waals surface area contributed by atoms with Crippen molar-refractivity contribution in [1.29, 1.82) is 0 Å². The molecule has 6 nitrogen and oxygen atoms in total. The van der Waals surface area contributed by atoms with Crippen LogP contribution in [0.4, 0.5) is 0 Å². The van der Waals surface area contributed by atoms with Crippen LogP contribution in [0.5, 0.6) is 0 Å². The molecular formula is C10H18O6. The van der Waals surface area contributed by atoms with Crippen molar-refractivity contribution >= 4 is 0 Å². The van der Waals surface area contributed by atoms with Crippen molar-refractivity contribution in [3.8, 4) is 0 Å². The summed E-state index contributed by atoms with van der Waals surface area (Å²) >= 11 is 0. The Labute approximate surface area is 93.7 Å². The molecule has 1 aliphatic heterocycles. The summed E-state index contributed by atoms with van der Waals surface area (Å²) in [4.78, 5) is 0. The zero-order chi connectivity index (χ0) is 12.1. The molecule has 0 amide bonds. The maximum absolute atomic E-state index is 9.55. The molecule has 0 aliphatic carbocycles. The van der Waals surface area contributed by atoms with Gasteiger partial charge in [-0.1, -0.05) is 12.2 Å². The molecule has 1 heterocycles. The van der Waals surface area contributed by atoms with Crippen LogP contribution in [0, 0.1) is 0 Å². The van der Waals surface area contributed by atoms with Crippen LogP contribution >= 0.6 is 0 Å². The van der Waals surface area contributed by atoms with Crippen LogP contribution in [0.15, 0.2) is 12.2 Å². The molecule has 6 heteroatoms. The van der Waals surface area contributed by atoms with Crippen LogP contribution in [0.3, 0.4) is 0 Å². The van der Waals surface area contributed by atoms with Crippen LogP contribution in [0.1, 0.15) is 6.92 Å². The number of allylic oxidation sites excluding steroid dienone is 1. The summed E-state index contributed by atoms with van der Waals surface area (Å²) in [5, 5.41) is 37.4. The predicted molar refractivity (Wildman–Crippen MR) is 54.5 cm³/mol. The highest BCUT2D eigenvalue weighted by Gasteiger charge is 2.43. The largest absolute Gasteiger partial charge is 0.394 e. The molecule has 1 aliphatic rings. The average molecular weight is 234 g/mol. The minimum absolute atomic E-state index is 0.221. The monoisotopic (exact) mass is 234 g/mol. The highest BCUT2D eigenvalue weighted by molar-refractivity contribution is 4.89. The van der Waals surface area contributed by atoms with Crippen LogP contribution in [-0.2, 0) is 9.47 Å². The van der Waals surface area contributed by atoms with Crippen LogP contribution in [0.2, 0.25) is 0 Å². The van der Waals surface area contributed by atoms with E-state index in [1.807, 2.05) is 6.92 Å². The first-order chi connectivity index (χ1) is 7.61. The van der Waals surface area contributed by atoms with E-state index in [-0.39, 0.29) is 6.61 Å². The first kappa shape index (κ1) is 13.6. The number of hydrogen-bond acceptors (Lipinski definition) is 6. The Balaban J connectivity index is 2.56. The summed E-state index contributed by atoms with van der Waals surface area (Å²) in [5.41, 5.74) is 0. The van der Waals surface area contributed by atoms with E-state index >= 15 is 0 Å². The Morgan fingerprint density at radius 1 is 1.19 bits per heavy atom. The number of rotatable bonds is 4. The summed E-state index contributed by atoms with van der Waals surface area (Å²) in [7, 11) is 0. The van der Waals surface area contributed by atoms with Crippen LogP contribution in [0.25, 0.3) is 0 Å². The van der Waals surface area contributed by atoms with E-state index in [0.717, 1.165) is 0 Å². The smallest absolute Gasteiger partial charge is 0.187 e. The molecule has 0 spiro atoms. The van der Waals surface area contributed by atoms with Gasteiger partial charge in [0.25, 0.3) is 0 Å². The van der Waals surface area contributed by atoms with Gasteiger partial charge in [0, 0.05) is 0 Å². The fourth-order valence-corrected chi connectivity index (χ4v) is 1.45. The molecule has 1 fully saturated rings. The molecular weight excluding hydrogens is 216 g/mol. The lowest BCUT2D eigenvalue weighted by Crippen LogP contribution is -2.59. The fourth-order valence-electron chi connectivity index (χ4n) is 1.45. The van der Waals surface area contributed by atoms with Gasteiger partial charge in [-0.25, -0.2) is 0 Å². The van der Waals surface area contributed by atoms with E-state index in [2.05, 4.69) is 0 Å². The van der Waals surface area contributed by atoms with E-state index < -0.39 is 37.3 Å². The van der Waals surface area contributed by atoms with Crippen molar-refractivity contribution in [3.05, 3.63) is 12.2 Å². The number of aliphatic hydroxyl groups is 4. The molecule has 1 saturated heterocycles. The molecule has 5 atom stereocenters. The predicted octanol–water partition coefficient (Wildman–Crippen LogP) is -1.62. The van der Waals surface area contributed by atoms with E-state index in [1.54, 1.807) is 12.2 Å². The normalized spacial score (nSPS) is 40.4. The number of ether oxygens (including phenoxy) is 2. The van der Waals surface area contributed by atoms with Crippen molar-refractivity contribution in [2.75, 3.05) is 13.2 Å². The molecule has 3 unspecified atom stereocenters. The lowest BCUT2D eigenvalue weighted by Gasteiger charge is -2.39. The Hall–Kier alpha value is -0.500. The lowest BCUT2D eigenvalue weighted by molar-refractivity contribution is -0.298. The molecule has 0 aromatic rings. The molecule has 0 aromatic carbocycles. The van der Waals surface area contributed by atoms with Gasteiger partial charge in [-0.3, -0.25) is 0 Å². The summed E-state index contributed by atoms with van der Waals surface area (Å²) in [6.45, 7) is 1.59. The van der Waals surface area contributed by atoms with Gasteiger partial charge >= 0.3 is 0 Å². The molecule has 0 saturated carbocycles. The van der Waals surface area contributed by atoms with Crippen molar-refractivity contribution in [2.24, 2.45) is 0 Å². The highest BCUT2D eigenvalue weighted by Crippen LogP contribution is 2.21. The van der Waals surface area contributed by atoms with E-state index in [1.165, 1.54) is 0 Å². The summed E-state index contributed by atoms with van der Waals surface area (Å²) < 4.78 is 10.3. The van der Waals surface area contributed by atoms with Crippen molar-refractivity contribution < 1.29 is 29.9 Å². The first-order valence-corrected chi connectivity index (χ1v) is 5.15.